The van der Waals surface area contributed by atoms with Crippen LogP contribution < -0.4 is 10.7 Å². The number of hydrazone groups is 1. The number of carbonyl (C=O) groups is 1. The Morgan fingerprint density at radius 2 is 1.85 bits per heavy atom. The normalized spacial score (nSPS) is 10.4. The Kier molecular flexibility index (Phi) is 4.34. The zero-order valence-electron chi connectivity index (χ0n) is 11.0. The van der Waals surface area contributed by atoms with Crippen molar-refractivity contribution in [3.8, 4) is 5.75 Å². The van der Waals surface area contributed by atoms with E-state index in [9.17, 15) is 9.90 Å². The Morgan fingerprint density at radius 1 is 1.15 bits per heavy atom. The fourth-order valence-corrected chi connectivity index (χ4v) is 1.72. The van der Waals surface area contributed by atoms with Gasteiger partial charge in [-0.25, -0.2) is 5.43 Å². The maximum absolute atomic E-state index is 12.0. The van der Waals surface area contributed by atoms with Gasteiger partial charge in [0.2, 0.25) is 0 Å². The third-order valence-corrected chi connectivity index (χ3v) is 2.75. The molecule has 0 aliphatic heterocycles. The number of hydrogen-bond donors (Lipinski definition) is 3. The van der Waals surface area contributed by atoms with Crippen LogP contribution in [0.5, 0.6) is 5.75 Å². The molecule has 2 aromatic carbocycles. The fourth-order valence-electron chi connectivity index (χ4n) is 1.72. The summed E-state index contributed by atoms with van der Waals surface area (Å²) in [6.07, 6.45) is 1.40. The molecule has 5 nitrogen and oxygen atoms in total. The summed E-state index contributed by atoms with van der Waals surface area (Å²) >= 11 is 0. The third kappa shape index (κ3) is 3.14. The van der Waals surface area contributed by atoms with Crippen LogP contribution in [-0.4, -0.2) is 24.3 Å². The molecule has 20 heavy (non-hydrogen) atoms. The highest BCUT2D eigenvalue weighted by Gasteiger charge is 2.08. The lowest BCUT2D eigenvalue weighted by Crippen LogP contribution is -2.18. The van der Waals surface area contributed by atoms with E-state index < -0.39 is 0 Å². The van der Waals surface area contributed by atoms with E-state index >= 15 is 0 Å². The van der Waals surface area contributed by atoms with Crippen LogP contribution in [-0.2, 0) is 0 Å². The predicted octanol–water partition coefficient (Wildman–Crippen LogP) is 2.20. The van der Waals surface area contributed by atoms with E-state index in [4.69, 9.17) is 0 Å². The lowest BCUT2D eigenvalue weighted by atomic mass is 10.1. The van der Waals surface area contributed by atoms with Crippen molar-refractivity contribution >= 4 is 17.8 Å². The molecule has 1 amide bonds. The molecule has 5 heteroatoms. The summed E-state index contributed by atoms with van der Waals surface area (Å²) in [6.45, 7) is 0. The summed E-state index contributed by atoms with van der Waals surface area (Å²) in [5.74, 6) is -0.206. The topological polar surface area (TPSA) is 73.7 Å². The minimum Gasteiger partial charge on any atom is -0.507 e. The van der Waals surface area contributed by atoms with Gasteiger partial charge in [-0.15, -0.1) is 0 Å². The number of hydrogen-bond acceptors (Lipinski definition) is 4. The van der Waals surface area contributed by atoms with Crippen LogP contribution in [0.1, 0.15) is 15.9 Å². The SMILES string of the molecule is CNc1ccccc1C(=O)N/N=C/c1ccccc1O. The number of para-hydroxylation sites is 2. The van der Waals surface area contributed by atoms with Crippen LogP contribution in [0.15, 0.2) is 53.6 Å². The van der Waals surface area contributed by atoms with Crippen molar-refractivity contribution in [2.24, 2.45) is 5.10 Å². The molecule has 0 saturated carbocycles. The number of rotatable bonds is 4. The van der Waals surface area contributed by atoms with Crippen LogP contribution in [0.4, 0.5) is 5.69 Å². The number of phenols is 1. The van der Waals surface area contributed by atoms with Crippen molar-refractivity contribution in [1.29, 1.82) is 0 Å². The van der Waals surface area contributed by atoms with Crippen molar-refractivity contribution in [1.82, 2.24) is 5.43 Å². The van der Waals surface area contributed by atoms with Crippen molar-refractivity contribution in [2.45, 2.75) is 0 Å². The van der Waals surface area contributed by atoms with Crippen molar-refractivity contribution < 1.29 is 9.90 Å². The van der Waals surface area contributed by atoms with Crippen molar-refractivity contribution in [3.05, 3.63) is 59.7 Å². The fraction of sp³-hybridized carbons (Fsp3) is 0.0667. The van der Waals surface area contributed by atoms with Gasteiger partial charge in [-0.2, -0.15) is 5.10 Å². The summed E-state index contributed by atoms with van der Waals surface area (Å²) in [6, 6.07) is 13.9. The molecular weight excluding hydrogens is 254 g/mol. The summed E-state index contributed by atoms with van der Waals surface area (Å²) < 4.78 is 0. The van der Waals surface area contributed by atoms with Gasteiger partial charge in [0.05, 0.1) is 11.8 Å². The first-order chi connectivity index (χ1) is 9.72. The maximum atomic E-state index is 12.0. The third-order valence-electron chi connectivity index (χ3n) is 2.75. The first kappa shape index (κ1) is 13.6. The molecule has 0 aromatic heterocycles. The number of carbonyl (C=O) groups excluding carboxylic acids is 1. The van der Waals surface area contributed by atoms with Gasteiger partial charge >= 0.3 is 0 Å². The highest BCUT2D eigenvalue weighted by molar-refractivity contribution is 6.00. The van der Waals surface area contributed by atoms with Gasteiger partial charge in [-0.1, -0.05) is 24.3 Å². The Hall–Kier alpha value is -2.82. The molecule has 0 atom stereocenters. The molecule has 102 valence electrons. The van der Waals surface area contributed by atoms with Crippen LogP contribution in [0.2, 0.25) is 0 Å². The second-order valence-electron chi connectivity index (χ2n) is 4.05. The molecule has 2 rings (SSSR count). The molecule has 0 saturated heterocycles. The zero-order valence-corrected chi connectivity index (χ0v) is 11.0. The van der Waals surface area contributed by atoms with Gasteiger partial charge in [0.1, 0.15) is 5.75 Å². The lowest BCUT2D eigenvalue weighted by molar-refractivity contribution is 0.0956. The number of aromatic hydroxyl groups is 1. The monoisotopic (exact) mass is 269 g/mol. The minimum absolute atomic E-state index is 0.112. The lowest BCUT2D eigenvalue weighted by Gasteiger charge is -2.06. The highest BCUT2D eigenvalue weighted by atomic mass is 16.3. The summed E-state index contributed by atoms with van der Waals surface area (Å²) in [5, 5.41) is 16.3. The van der Waals surface area contributed by atoms with Crippen LogP contribution in [0, 0.1) is 0 Å². The molecule has 0 aliphatic carbocycles. The highest BCUT2D eigenvalue weighted by Crippen LogP contribution is 2.14. The number of nitrogens with one attached hydrogen (secondary N) is 2. The summed E-state index contributed by atoms with van der Waals surface area (Å²) in [4.78, 5) is 12.0. The molecule has 0 fully saturated rings. The minimum atomic E-state index is -0.318. The molecule has 2 aromatic rings. The van der Waals surface area contributed by atoms with E-state index in [-0.39, 0.29) is 11.7 Å². The number of benzene rings is 2. The summed E-state index contributed by atoms with van der Waals surface area (Å²) in [7, 11) is 1.75. The average molecular weight is 269 g/mol. The van der Waals surface area contributed by atoms with E-state index in [1.165, 1.54) is 6.21 Å². The molecule has 0 heterocycles. The molecule has 0 bridgehead atoms. The molecule has 3 N–H and O–H groups in total. The molecule has 0 spiro atoms. The number of anilines is 1. The van der Waals surface area contributed by atoms with Gasteiger partial charge in [0, 0.05) is 18.3 Å². The number of nitrogens with zero attached hydrogens (tertiary/aromatic N) is 1. The van der Waals surface area contributed by atoms with E-state index in [1.54, 1.807) is 43.4 Å². The second kappa shape index (κ2) is 6.38. The first-order valence-electron chi connectivity index (χ1n) is 6.10. The quantitative estimate of drug-likeness (QED) is 0.588. The van der Waals surface area contributed by atoms with E-state index in [0.29, 0.717) is 11.1 Å². The maximum Gasteiger partial charge on any atom is 0.273 e. The smallest absolute Gasteiger partial charge is 0.273 e. The van der Waals surface area contributed by atoms with Gasteiger partial charge in [0.15, 0.2) is 0 Å². The second-order valence-corrected chi connectivity index (χ2v) is 4.05. The Bertz CT molecular complexity index is 639. The van der Waals surface area contributed by atoms with Crippen LogP contribution in [0.3, 0.4) is 0 Å². The average Bonchev–Trinajstić information content (AvgIpc) is 2.49. The van der Waals surface area contributed by atoms with Gasteiger partial charge in [0.25, 0.3) is 5.91 Å². The Labute approximate surface area is 117 Å². The largest absolute Gasteiger partial charge is 0.507 e. The first-order valence-corrected chi connectivity index (χ1v) is 6.10. The Morgan fingerprint density at radius 3 is 2.60 bits per heavy atom. The number of amides is 1. The van der Waals surface area contributed by atoms with E-state index in [2.05, 4.69) is 15.8 Å². The number of phenolic OH excluding ortho intramolecular Hbond substituents is 1. The molecular formula is C15H15N3O2. The van der Waals surface area contributed by atoms with E-state index in [1.807, 2.05) is 12.1 Å². The standard InChI is InChI=1S/C15H15N3O2/c1-16-13-8-4-3-7-12(13)15(20)18-17-10-11-6-2-5-9-14(11)19/h2-10,16,19H,1H3,(H,18,20)/b17-10+. The van der Waals surface area contributed by atoms with Gasteiger partial charge < -0.3 is 10.4 Å². The van der Waals surface area contributed by atoms with Crippen molar-refractivity contribution in [2.75, 3.05) is 12.4 Å². The van der Waals surface area contributed by atoms with E-state index in [0.717, 1.165) is 5.69 Å². The predicted molar refractivity (Wildman–Crippen MR) is 79.2 cm³/mol. The summed E-state index contributed by atoms with van der Waals surface area (Å²) in [5.41, 5.74) is 4.19. The van der Waals surface area contributed by atoms with Gasteiger partial charge in [-0.05, 0) is 24.3 Å². The zero-order chi connectivity index (χ0) is 14.4. The molecule has 0 radical (unpaired) electrons. The van der Waals surface area contributed by atoms with Crippen molar-refractivity contribution in [3.63, 3.8) is 0 Å². The van der Waals surface area contributed by atoms with Gasteiger partial charge in [-0.3, -0.25) is 4.79 Å². The van der Waals surface area contributed by atoms with Crippen LogP contribution >= 0.6 is 0 Å². The molecule has 0 unspecified atom stereocenters. The van der Waals surface area contributed by atoms with Crippen LogP contribution in [0.25, 0.3) is 0 Å². The molecule has 0 aliphatic rings. The Balaban J connectivity index is 2.07.